The number of halogens is 3. The number of rotatable bonds is 6. The molecule has 2 N–H and O–H groups in total. The van der Waals surface area contributed by atoms with Gasteiger partial charge in [-0.2, -0.15) is 0 Å². The number of benzene rings is 2. The van der Waals surface area contributed by atoms with Gasteiger partial charge in [-0.1, -0.05) is 23.7 Å². The molecule has 3 rings (SSSR count). The lowest BCUT2D eigenvalue weighted by atomic mass is 9.96. The van der Waals surface area contributed by atoms with Crippen LogP contribution in [0.3, 0.4) is 0 Å². The maximum absolute atomic E-state index is 13.2. The van der Waals surface area contributed by atoms with Crippen LogP contribution >= 0.6 is 11.6 Å². The first-order valence-electron chi connectivity index (χ1n) is 9.40. The van der Waals surface area contributed by atoms with E-state index in [1.807, 2.05) is 4.90 Å². The zero-order valence-corrected chi connectivity index (χ0v) is 16.5. The highest BCUT2D eigenvalue weighted by atomic mass is 35.5. The minimum Gasteiger partial charge on any atom is -0.352 e. The molecule has 0 unspecified atom stereocenters. The predicted molar refractivity (Wildman–Crippen MR) is 107 cm³/mol. The summed E-state index contributed by atoms with van der Waals surface area (Å²) in [5.41, 5.74) is 1.28. The van der Waals surface area contributed by atoms with Crippen molar-refractivity contribution in [2.24, 2.45) is 5.92 Å². The monoisotopic (exact) mass is 421 g/mol. The Morgan fingerprint density at radius 3 is 2.41 bits per heavy atom. The van der Waals surface area contributed by atoms with Crippen LogP contribution in [-0.4, -0.2) is 36.3 Å². The van der Waals surface area contributed by atoms with Crippen LogP contribution in [0.4, 0.5) is 14.5 Å². The average Bonchev–Trinajstić information content (AvgIpc) is 2.70. The molecule has 154 valence electrons. The lowest BCUT2D eigenvalue weighted by Gasteiger charge is -2.30. The Balaban J connectivity index is 1.40. The highest BCUT2D eigenvalue weighted by molar-refractivity contribution is 6.31. The second-order valence-electron chi connectivity index (χ2n) is 7.07. The average molecular weight is 422 g/mol. The molecule has 0 aliphatic carbocycles. The third kappa shape index (κ3) is 6.24. The smallest absolute Gasteiger partial charge is 0.238 e. The second kappa shape index (κ2) is 9.80. The number of nitrogens with zero attached hydrogens (tertiary/aromatic N) is 1. The summed E-state index contributed by atoms with van der Waals surface area (Å²) in [6, 6.07) is 10.0. The third-order valence-electron chi connectivity index (χ3n) is 4.91. The minimum atomic E-state index is -0.538. The highest BCUT2D eigenvalue weighted by Crippen LogP contribution is 2.20. The van der Waals surface area contributed by atoms with Crippen LogP contribution in [0.2, 0.25) is 5.02 Å². The fourth-order valence-electron chi connectivity index (χ4n) is 3.27. The molecule has 1 aliphatic heterocycles. The topological polar surface area (TPSA) is 61.4 Å². The molecule has 1 saturated heterocycles. The molecule has 0 radical (unpaired) electrons. The summed E-state index contributed by atoms with van der Waals surface area (Å²) in [5.74, 6) is -1.19. The lowest BCUT2D eigenvalue weighted by molar-refractivity contribution is -0.126. The van der Waals surface area contributed by atoms with E-state index in [-0.39, 0.29) is 35.1 Å². The van der Waals surface area contributed by atoms with Gasteiger partial charge in [-0.25, -0.2) is 8.78 Å². The first-order valence-corrected chi connectivity index (χ1v) is 9.78. The number of hydrogen-bond donors (Lipinski definition) is 2. The molecule has 1 fully saturated rings. The number of likely N-dealkylation sites (tertiary alicyclic amines) is 1. The zero-order valence-electron chi connectivity index (χ0n) is 15.8. The van der Waals surface area contributed by atoms with E-state index in [9.17, 15) is 18.4 Å². The highest BCUT2D eigenvalue weighted by Gasteiger charge is 2.25. The molecule has 2 aromatic carbocycles. The molecular formula is C21H22ClF2N3O2. The SMILES string of the molecule is O=C(CN1CCC(C(=O)NCc2ccc(F)cc2)CC1)Nc1ccc(F)c(Cl)c1. The minimum absolute atomic E-state index is 0.0284. The van der Waals surface area contributed by atoms with Crippen LogP contribution in [0.15, 0.2) is 42.5 Å². The molecule has 29 heavy (non-hydrogen) atoms. The Bertz CT molecular complexity index is 869. The second-order valence-corrected chi connectivity index (χ2v) is 7.48. The first kappa shape index (κ1) is 21.2. The van der Waals surface area contributed by atoms with Crippen molar-refractivity contribution in [1.29, 1.82) is 0 Å². The summed E-state index contributed by atoms with van der Waals surface area (Å²) in [5, 5.41) is 5.53. The maximum Gasteiger partial charge on any atom is 0.238 e. The molecule has 0 atom stereocenters. The predicted octanol–water partition coefficient (Wildman–Crippen LogP) is 3.59. The van der Waals surface area contributed by atoms with Gasteiger partial charge in [-0.05, 0) is 61.8 Å². The number of carbonyl (C=O) groups is 2. The molecule has 0 bridgehead atoms. The van der Waals surface area contributed by atoms with Gasteiger partial charge in [0.25, 0.3) is 0 Å². The Morgan fingerprint density at radius 1 is 1.07 bits per heavy atom. The number of anilines is 1. The van der Waals surface area contributed by atoms with Crippen molar-refractivity contribution in [3.63, 3.8) is 0 Å². The van der Waals surface area contributed by atoms with Gasteiger partial charge in [0.1, 0.15) is 11.6 Å². The quantitative estimate of drug-likeness (QED) is 0.749. The van der Waals surface area contributed by atoms with Gasteiger partial charge in [0.2, 0.25) is 11.8 Å². The van der Waals surface area contributed by atoms with Crippen LogP contribution in [0.25, 0.3) is 0 Å². The van der Waals surface area contributed by atoms with E-state index < -0.39 is 5.82 Å². The van der Waals surface area contributed by atoms with Crippen molar-refractivity contribution >= 4 is 29.1 Å². The van der Waals surface area contributed by atoms with Crippen LogP contribution < -0.4 is 10.6 Å². The number of piperidine rings is 1. The van der Waals surface area contributed by atoms with Crippen molar-refractivity contribution in [2.45, 2.75) is 19.4 Å². The van der Waals surface area contributed by atoms with E-state index >= 15 is 0 Å². The van der Waals surface area contributed by atoms with Gasteiger partial charge in [-0.3, -0.25) is 14.5 Å². The first-order chi connectivity index (χ1) is 13.9. The molecule has 2 aromatic rings. The van der Waals surface area contributed by atoms with Crippen molar-refractivity contribution in [3.05, 3.63) is 64.7 Å². The third-order valence-corrected chi connectivity index (χ3v) is 5.20. The van der Waals surface area contributed by atoms with Gasteiger partial charge < -0.3 is 10.6 Å². The molecule has 8 heteroatoms. The molecule has 1 heterocycles. The molecule has 5 nitrogen and oxygen atoms in total. The molecule has 0 saturated carbocycles. The van der Waals surface area contributed by atoms with E-state index in [0.29, 0.717) is 38.2 Å². The van der Waals surface area contributed by atoms with E-state index in [1.54, 1.807) is 12.1 Å². The van der Waals surface area contributed by atoms with E-state index in [1.165, 1.54) is 30.3 Å². The summed E-state index contributed by atoms with van der Waals surface area (Å²) in [6.45, 7) is 1.82. The van der Waals surface area contributed by atoms with Crippen LogP contribution in [0.5, 0.6) is 0 Å². The van der Waals surface area contributed by atoms with Gasteiger partial charge >= 0.3 is 0 Å². The molecule has 0 aromatic heterocycles. The van der Waals surface area contributed by atoms with E-state index in [2.05, 4.69) is 10.6 Å². The van der Waals surface area contributed by atoms with Crippen molar-refractivity contribution < 1.29 is 18.4 Å². The van der Waals surface area contributed by atoms with Gasteiger partial charge in [0.05, 0.1) is 11.6 Å². The molecule has 1 aliphatic rings. The largest absolute Gasteiger partial charge is 0.352 e. The van der Waals surface area contributed by atoms with Gasteiger partial charge in [0, 0.05) is 18.2 Å². The van der Waals surface area contributed by atoms with Crippen molar-refractivity contribution in [2.75, 3.05) is 25.0 Å². The number of hydrogen-bond acceptors (Lipinski definition) is 3. The summed E-state index contributed by atoms with van der Waals surface area (Å²) >= 11 is 5.72. The maximum atomic E-state index is 13.2. The Kier molecular flexibility index (Phi) is 7.17. The fraction of sp³-hybridized carbons (Fsp3) is 0.333. The van der Waals surface area contributed by atoms with E-state index in [0.717, 1.165) is 5.56 Å². The Hall–Kier alpha value is -2.51. The van der Waals surface area contributed by atoms with Crippen molar-refractivity contribution in [1.82, 2.24) is 10.2 Å². The summed E-state index contributed by atoms with van der Waals surface area (Å²) in [6.07, 6.45) is 1.32. The van der Waals surface area contributed by atoms with E-state index in [4.69, 9.17) is 11.6 Å². The summed E-state index contributed by atoms with van der Waals surface area (Å²) < 4.78 is 26.1. The molecule has 0 spiro atoms. The Labute approximate surface area is 173 Å². The molecular weight excluding hydrogens is 400 g/mol. The molecule has 2 amide bonds. The zero-order chi connectivity index (χ0) is 20.8. The summed E-state index contributed by atoms with van der Waals surface area (Å²) in [4.78, 5) is 26.5. The van der Waals surface area contributed by atoms with Crippen molar-refractivity contribution in [3.8, 4) is 0 Å². The van der Waals surface area contributed by atoms with Crippen LogP contribution in [-0.2, 0) is 16.1 Å². The number of carbonyl (C=O) groups excluding carboxylic acids is 2. The van der Waals surface area contributed by atoms with Crippen LogP contribution in [0.1, 0.15) is 18.4 Å². The lowest BCUT2D eigenvalue weighted by Crippen LogP contribution is -2.43. The van der Waals surface area contributed by atoms with Gasteiger partial charge in [-0.15, -0.1) is 0 Å². The summed E-state index contributed by atoms with van der Waals surface area (Å²) in [7, 11) is 0. The normalized spacial score (nSPS) is 15.1. The van der Waals surface area contributed by atoms with Gasteiger partial charge in [0.15, 0.2) is 0 Å². The standard InChI is InChI=1S/C21H22ClF2N3O2/c22-18-11-17(5-6-19(18)24)26-20(28)13-27-9-7-15(8-10-27)21(29)25-12-14-1-3-16(23)4-2-14/h1-6,11,15H,7-10,12-13H2,(H,25,29)(H,26,28). The number of nitrogens with one attached hydrogen (secondary N) is 2. The fourth-order valence-corrected chi connectivity index (χ4v) is 3.45. The van der Waals surface area contributed by atoms with Crippen LogP contribution in [0, 0.1) is 17.6 Å². The number of amides is 2. The Morgan fingerprint density at radius 2 is 1.76 bits per heavy atom.